The minimum Gasteiger partial charge on any atom is -0.223 e. The van der Waals surface area contributed by atoms with E-state index in [2.05, 4.69) is 30.7 Å². The van der Waals surface area contributed by atoms with Crippen molar-refractivity contribution in [1.82, 2.24) is 9.97 Å². The summed E-state index contributed by atoms with van der Waals surface area (Å²) in [6.45, 7) is 6.90. The maximum absolute atomic E-state index is 6.17. The van der Waals surface area contributed by atoms with E-state index in [0.29, 0.717) is 16.5 Å². The highest BCUT2D eigenvalue weighted by Crippen LogP contribution is 2.40. The number of hydrogen-bond acceptors (Lipinski definition) is 2. The van der Waals surface area contributed by atoms with E-state index in [9.17, 15) is 0 Å². The first-order valence-corrected chi connectivity index (χ1v) is 6.90. The summed E-state index contributed by atoms with van der Waals surface area (Å²) in [5.74, 6) is 0.655. The number of rotatable bonds is 2. The SMILES string of the molecule is CCC(C)(C)C1CCc2nc(Cl)nc(Cl)c2C1. The van der Waals surface area contributed by atoms with Gasteiger partial charge in [0.1, 0.15) is 5.15 Å². The molecule has 4 heteroatoms. The maximum Gasteiger partial charge on any atom is 0.224 e. The van der Waals surface area contributed by atoms with Gasteiger partial charge >= 0.3 is 0 Å². The van der Waals surface area contributed by atoms with Crippen molar-refractivity contribution in [3.05, 3.63) is 21.7 Å². The number of hydrogen-bond donors (Lipinski definition) is 0. The Morgan fingerprint density at radius 2 is 2.00 bits per heavy atom. The summed E-state index contributed by atoms with van der Waals surface area (Å²) < 4.78 is 0. The highest BCUT2D eigenvalue weighted by atomic mass is 35.5. The van der Waals surface area contributed by atoms with E-state index in [0.717, 1.165) is 30.5 Å². The van der Waals surface area contributed by atoms with Gasteiger partial charge in [-0.15, -0.1) is 0 Å². The predicted octanol–water partition coefficient (Wildman–Crippen LogP) is 4.32. The van der Waals surface area contributed by atoms with Crippen LogP contribution < -0.4 is 0 Å². The fourth-order valence-electron chi connectivity index (χ4n) is 2.50. The molecule has 0 aromatic carbocycles. The minimum absolute atomic E-state index is 0.266. The van der Waals surface area contributed by atoms with Crippen molar-refractivity contribution < 1.29 is 0 Å². The molecule has 0 saturated heterocycles. The molecule has 1 aromatic rings. The lowest BCUT2D eigenvalue weighted by molar-refractivity contribution is 0.182. The van der Waals surface area contributed by atoms with Gasteiger partial charge in [0, 0.05) is 5.56 Å². The van der Waals surface area contributed by atoms with Crippen molar-refractivity contribution >= 4 is 23.2 Å². The second kappa shape index (κ2) is 4.74. The van der Waals surface area contributed by atoms with Crippen LogP contribution in [-0.2, 0) is 12.8 Å². The normalized spacial score (nSPS) is 20.2. The average Bonchev–Trinajstić information content (AvgIpc) is 2.28. The Hall–Kier alpha value is -0.340. The van der Waals surface area contributed by atoms with Crippen LogP contribution in [0.4, 0.5) is 0 Å². The lowest BCUT2D eigenvalue weighted by atomic mass is 9.69. The molecule has 1 unspecified atom stereocenters. The van der Waals surface area contributed by atoms with Gasteiger partial charge in [0.2, 0.25) is 5.28 Å². The summed E-state index contributed by atoms with van der Waals surface area (Å²) >= 11 is 12.0. The maximum atomic E-state index is 6.17. The topological polar surface area (TPSA) is 25.8 Å². The van der Waals surface area contributed by atoms with Crippen LogP contribution in [-0.4, -0.2) is 9.97 Å². The molecule has 0 aliphatic heterocycles. The third kappa shape index (κ3) is 2.58. The minimum atomic E-state index is 0.266. The number of aryl methyl sites for hydroxylation is 1. The quantitative estimate of drug-likeness (QED) is 0.592. The Morgan fingerprint density at radius 1 is 1.29 bits per heavy atom. The molecule has 0 N–H and O–H groups in total. The van der Waals surface area contributed by atoms with Crippen LogP contribution in [0.1, 0.15) is 44.9 Å². The van der Waals surface area contributed by atoms with Crippen LogP contribution in [0, 0.1) is 11.3 Å². The van der Waals surface area contributed by atoms with E-state index >= 15 is 0 Å². The molecule has 2 rings (SSSR count). The summed E-state index contributed by atoms with van der Waals surface area (Å²) in [6, 6.07) is 0. The third-order valence-corrected chi connectivity index (χ3v) is 4.69. The summed E-state index contributed by atoms with van der Waals surface area (Å²) in [6.07, 6.45) is 4.29. The largest absolute Gasteiger partial charge is 0.224 e. The molecule has 0 spiro atoms. The summed E-state index contributed by atoms with van der Waals surface area (Å²) in [5, 5.41) is 0.804. The first-order valence-electron chi connectivity index (χ1n) is 6.15. The van der Waals surface area contributed by atoms with Crippen LogP contribution in [0.3, 0.4) is 0 Å². The predicted molar refractivity (Wildman–Crippen MR) is 71.6 cm³/mol. The average molecular weight is 273 g/mol. The van der Waals surface area contributed by atoms with Gasteiger partial charge in [-0.25, -0.2) is 9.97 Å². The molecular weight excluding hydrogens is 255 g/mol. The van der Waals surface area contributed by atoms with Gasteiger partial charge in [-0.2, -0.15) is 0 Å². The number of nitrogens with zero attached hydrogens (tertiary/aromatic N) is 2. The first-order chi connectivity index (χ1) is 7.94. The van der Waals surface area contributed by atoms with Crippen molar-refractivity contribution in [3.63, 3.8) is 0 Å². The highest BCUT2D eigenvalue weighted by molar-refractivity contribution is 6.32. The van der Waals surface area contributed by atoms with Gasteiger partial charge in [-0.05, 0) is 42.2 Å². The molecule has 1 aliphatic rings. The molecule has 0 bridgehead atoms. The van der Waals surface area contributed by atoms with Crippen molar-refractivity contribution in [1.29, 1.82) is 0 Å². The van der Waals surface area contributed by atoms with E-state index in [-0.39, 0.29) is 5.28 Å². The lowest BCUT2D eigenvalue weighted by Crippen LogP contribution is -2.29. The zero-order chi connectivity index (χ0) is 12.6. The van der Waals surface area contributed by atoms with E-state index in [4.69, 9.17) is 23.2 Å². The Bertz CT molecular complexity index is 430. The lowest BCUT2D eigenvalue weighted by Gasteiger charge is -2.36. The molecule has 0 fully saturated rings. The van der Waals surface area contributed by atoms with Gasteiger partial charge < -0.3 is 0 Å². The number of fused-ring (bicyclic) bond motifs is 1. The molecular formula is C13H18Cl2N2. The monoisotopic (exact) mass is 272 g/mol. The van der Waals surface area contributed by atoms with E-state index in [1.807, 2.05) is 0 Å². The van der Waals surface area contributed by atoms with Crippen molar-refractivity contribution in [2.45, 2.75) is 46.5 Å². The smallest absolute Gasteiger partial charge is 0.223 e. The molecule has 94 valence electrons. The van der Waals surface area contributed by atoms with E-state index in [1.54, 1.807) is 0 Å². The highest BCUT2D eigenvalue weighted by Gasteiger charge is 2.32. The van der Waals surface area contributed by atoms with Crippen molar-refractivity contribution in [2.24, 2.45) is 11.3 Å². The van der Waals surface area contributed by atoms with Gasteiger partial charge in [0.05, 0.1) is 5.69 Å². The van der Waals surface area contributed by atoms with Crippen molar-refractivity contribution in [3.8, 4) is 0 Å². The Morgan fingerprint density at radius 3 is 2.65 bits per heavy atom. The fraction of sp³-hybridized carbons (Fsp3) is 0.692. The molecule has 2 nitrogen and oxygen atoms in total. The zero-order valence-electron chi connectivity index (χ0n) is 10.6. The summed E-state index contributed by atoms with van der Waals surface area (Å²) in [5.41, 5.74) is 2.49. The van der Waals surface area contributed by atoms with Crippen LogP contribution >= 0.6 is 23.2 Å². The van der Waals surface area contributed by atoms with Gasteiger partial charge in [0.15, 0.2) is 0 Å². The number of halogens is 2. The first kappa shape index (κ1) is 13.1. The van der Waals surface area contributed by atoms with E-state index < -0.39 is 0 Å². The second-order valence-corrected chi connectivity index (χ2v) is 6.19. The third-order valence-electron chi connectivity index (χ3n) is 4.21. The van der Waals surface area contributed by atoms with Crippen LogP contribution in [0.5, 0.6) is 0 Å². The Balaban J connectivity index is 2.30. The van der Waals surface area contributed by atoms with E-state index in [1.165, 1.54) is 6.42 Å². The van der Waals surface area contributed by atoms with Crippen LogP contribution in [0.2, 0.25) is 10.4 Å². The molecule has 0 saturated carbocycles. The molecule has 1 atom stereocenters. The fourth-order valence-corrected chi connectivity index (χ4v) is 2.99. The second-order valence-electron chi connectivity index (χ2n) is 5.49. The molecule has 0 amide bonds. The van der Waals surface area contributed by atoms with Gasteiger partial charge in [0.25, 0.3) is 0 Å². The molecule has 1 heterocycles. The van der Waals surface area contributed by atoms with Gasteiger partial charge in [-0.1, -0.05) is 38.8 Å². The summed E-state index contributed by atoms with van der Waals surface area (Å²) in [4.78, 5) is 8.34. The Kier molecular flexibility index (Phi) is 3.65. The van der Waals surface area contributed by atoms with Crippen LogP contribution in [0.25, 0.3) is 0 Å². The standard InChI is InChI=1S/C13H18Cl2N2/c1-4-13(2,3)8-5-6-10-9(7-8)11(14)17-12(15)16-10/h8H,4-7H2,1-3H3. The zero-order valence-corrected chi connectivity index (χ0v) is 12.1. The molecule has 17 heavy (non-hydrogen) atoms. The molecule has 1 aliphatic carbocycles. The van der Waals surface area contributed by atoms with Gasteiger partial charge in [-0.3, -0.25) is 0 Å². The number of aromatic nitrogens is 2. The molecule has 1 aromatic heterocycles. The summed E-state index contributed by atoms with van der Waals surface area (Å²) in [7, 11) is 0. The van der Waals surface area contributed by atoms with Crippen molar-refractivity contribution in [2.75, 3.05) is 0 Å². The van der Waals surface area contributed by atoms with Crippen LogP contribution in [0.15, 0.2) is 0 Å². The molecule has 0 radical (unpaired) electrons. The Labute approximate surface area is 113 Å².